The molecule has 2 aliphatic rings. The number of methoxy groups -OCH3 is 1. The lowest BCUT2D eigenvalue weighted by Gasteiger charge is -2.28. The maximum absolute atomic E-state index is 13.5. The van der Waals surface area contributed by atoms with E-state index in [-0.39, 0.29) is 42.9 Å². The molecule has 46 heavy (non-hydrogen) atoms. The van der Waals surface area contributed by atoms with Crippen LogP contribution in [0.4, 0.5) is 4.79 Å². The molecule has 2 saturated heterocycles. The number of nitrogens with one attached hydrogen (secondary N) is 3. The van der Waals surface area contributed by atoms with Gasteiger partial charge in [-0.25, -0.2) is 15.0 Å². The highest BCUT2D eigenvalue weighted by Gasteiger charge is 2.31. The van der Waals surface area contributed by atoms with Gasteiger partial charge in [0.25, 0.3) is 0 Å². The van der Waals surface area contributed by atoms with Crippen LogP contribution >= 0.6 is 0 Å². The Hall–Kier alpha value is -5.38. The highest BCUT2D eigenvalue weighted by Crippen LogP contribution is 2.16. The minimum absolute atomic E-state index is 0.00560. The normalized spacial score (nSPS) is 17.0. The molecule has 2 fully saturated rings. The number of nitrogens with zero attached hydrogens (tertiary/aromatic N) is 4. The molecular formula is C33H39N7O6. The van der Waals surface area contributed by atoms with Gasteiger partial charge < -0.3 is 29.9 Å². The molecule has 13 nitrogen and oxygen atoms in total. The summed E-state index contributed by atoms with van der Waals surface area (Å²) in [6.07, 6.45) is 4.66. The lowest BCUT2D eigenvalue weighted by molar-refractivity contribution is -0.140. The van der Waals surface area contributed by atoms with Crippen LogP contribution in [0.2, 0.25) is 0 Å². The second-order valence-electron chi connectivity index (χ2n) is 10.9. The summed E-state index contributed by atoms with van der Waals surface area (Å²) in [6.45, 7) is 2.22. The zero-order valence-corrected chi connectivity index (χ0v) is 25.9. The Morgan fingerprint density at radius 2 is 1.72 bits per heavy atom. The summed E-state index contributed by atoms with van der Waals surface area (Å²) in [7, 11) is 1.18. The first kappa shape index (κ1) is 33.5. The SMILES string of the molecule is COC(=O)C(C#N)=C(NCc1ccc(C=NNC(=O)OCc2ccccc2)cc1)N[C@H]1CCCCN(CC(=O)N2CCCC2)C1=O. The molecule has 0 unspecified atom stereocenters. The molecule has 0 saturated carbocycles. The van der Waals surface area contributed by atoms with Crippen molar-refractivity contribution in [1.29, 1.82) is 5.26 Å². The van der Waals surface area contributed by atoms with E-state index >= 15 is 0 Å². The summed E-state index contributed by atoms with van der Waals surface area (Å²) < 4.78 is 9.94. The molecule has 0 bridgehead atoms. The van der Waals surface area contributed by atoms with Crippen LogP contribution in [-0.2, 0) is 37.0 Å². The van der Waals surface area contributed by atoms with Crippen LogP contribution in [-0.4, -0.2) is 79.2 Å². The van der Waals surface area contributed by atoms with Crippen molar-refractivity contribution in [2.24, 2.45) is 5.10 Å². The average Bonchev–Trinajstić information content (AvgIpc) is 3.57. The van der Waals surface area contributed by atoms with Crippen LogP contribution < -0.4 is 16.1 Å². The van der Waals surface area contributed by atoms with Gasteiger partial charge >= 0.3 is 12.1 Å². The maximum atomic E-state index is 13.5. The fraction of sp³-hybridized carbons (Fsp3) is 0.394. The van der Waals surface area contributed by atoms with E-state index in [1.807, 2.05) is 48.5 Å². The summed E-state index contributed by atoms with van der Waals surface area (Å²) in [5.41, 5.74) is 4.40. The van der Waals surface area contributed by atoms with Crippen LogP contribution in [0.3, 0.4) is 0 Å². The summed E-state index contributed by atoms with van der Waals surface area (Å²) >= 11 is 0. The molecule has 0 aromatic heterocycles. The summed E-state index contributed by atoms with van der Waals surface area (Å²) in [5, 5.41) is 19.9. The van der Waals surface area contributed by atoms with Crippen LogP contribution in [0, 0.1) is 11.3 Å². The smallest absolute Gasteiger partial charge is 0.428 e. The van der Waals surface area contributed by atoms with E-state index < -0.39 is 18.1 Å². The molecule has 0 spiro atoms. The van der Waals surface area contributed by atoms with Crippen LogP contribution in [0.1, 0.15) is 48.8 Å². The van der Waals surface area contributed by atoms with E-state index in [4.69, 9.17) is 9.47 Å². The molecule has 0 radical (unpaired) electrons. The Morgan fingerprint density at radius 1 is 1.00 bits per heavy atom. The number of carbonyl (C=O) groups excluding carboxylic acids is 4. The Labute approximate surface area is 268 Å². The monoisotopic (exact) mass is 629 g/mol. The number of benzene rings is 2. The third-order valence-electron chi connectivity index (χ3n) is 7.67. The average molecular weight is 630 g/mol. The molecule has 4 rings (SSSR count). The van der Waals surface area contributed by atoms with E-state index in [1.165, 1.54) is 13.3 Å². The van der Waals surface area contributed by atoms with Crippen molar-refractivity contribution in [3.63, 3.8) is 0 Å². The number of rotatable bonds is 12. The Bertz CT molecular complexity index is 1460. The van der Waals surface area contributed by atoms with E-state index in [9.17, 15) is 24.4 Å². The maximum Gasteiger partial charge on any atom is 0.428 e. The number of amides is 3. The first-order valence-electron chi connectivity index (χ1n) is 15.3. The quantitative estimate of drug-likeness (QED) is 0.105. The number of nitriles is 1. The number of hydrogen-bond acceptors (Lipinski definition) is 10. The Morgan fingerprint density at radius 3 is 2.41 bits per heavy atom. The van der Waals surface area contributed by atoms with Gasteiger partial charge in [-0.05, 0) is 48.8 Å². The van der Waals surface area contributed by atoms with Crippen LogP contribution in [0.15, 0.2) is 71.1 Å². The lowest BCUT2D eigenvalue weighted by atomic mass is 10.1. The zero-order valence-electron chi connectivity index (χ0n) is 25.9. The topological polar surface area (TPSA) is 165 Å². The van der Waals surface area contributed by atoms with Crippen LogP contribution in [0.25, 0.3) is 0 Å². The number of likely N-dealkylation sites (tertiary alicyclic amines) is 2. The zero-order chi connectivity index (χ0) is 32.7. The molecule has 2 heterocycles. The largest absolute Gasteiger partial charge is 0.465 e. The first-order chi connectivity index (χ1) is 22.4. The number of esters is 1. The highest BCUT2D eigenvalue weighted by molar-refractivity contribution is 5.94. The predicted octanol–water partition coefficient (Wildman–Crippen LogP) is 2.54. The van der Waals surface area contributed by atoms with Crippen LogP contribution in [0.5, 0.6) is 0 Å². The molecule has 3 N–H and O–H groups in total. The van der Waals surface area contributed by atoms with Crippen molar-refractivity contribution in [3.8, 4) is 6.07 Å². The van der Waals surface area contributed by atoms with Gasteiger partial charge in [0.1, 0.15) is 24.5 Å². The number of hydrazone groups is 1. The highest BCUT2D eigenvalue weighted by atomic mass is 16.6. The molecule has 2 aromatic rings. The molecule has 3 amide bonds. The molecule has 1 atom stereocenters. The molecule has 2 aromatic carbocycles. The van der Waals surface area contributed by atoms with Crippen molar-refractivity contribution in [3.05, 3.63) is 82.7 Å². The Kier molecular flexibility index (Phi) is 12.5. The van der Waals surface area contributed by atoms with Gasteiger partial charge in [0.05, 0.1) is 19.9 Å². The lowest BCUT2D eigenvalue weighted by Crippen LogP contribution is -2.50. The van der Waals surface area contributed by atoms with E-state index in [0.717, 1.165) is 36.8 Å². The molecule has 2 aliphatic heterocycles. The predicted molar refractivity (Wildman–Crippen MR) is 168 cm³/mol. The Balaban J connectivity index is 1.36. The minimum Gasteiger partial charge on any atom is -0.465 e. The number of carbonyl (C=O) groups is 4. The van der Waals surface area contributed by atoms with Gasteiger partial charge in [-0.2, -0.15) is 10.4 Å². The van der Waals surface area contributed by atoms with Gasteiger partial charge in [0.2, 0.25) is 11.8 Å². The molecule has 13 heteroatoms. The fourth-order valence-electron chi connectivity index (χ4n) is 5.14. The van der Waals surface area contributed by atoms with Crippen molar-refractivity contribution in [2.45, 2.75) is 51.3 Å². The first-order valence-corrected chi connectivity index (χ1v) is 15.3. The summed E-state index contributed by atoms with van der Waals surface area (Å²) in [5.74, 6) is -1.10. The second kappa shape index (κ2) is 17.2. The summed E-state index contributed by atoms with van der Waals surface area (Å²) in [4.78, 5) is 54.0. The van der Waals surface area contributed by atoms with Gasteiger partial charge in [-0.3, -0.25) is 9.59 Å². The van der Waals surface area contributed by atoms with Gasteiger partial charge in [0.15, 0.2) is 5.57 Å². The fourth-order valence-corrected chi connectivity index (χ4v) is 5.14. The van der Waals surface area contributed by atoms with Crippen molar-refractivity contribution in [2.75, 3.05) is 33.3 Å². The van der Waals surface area contributed by atoms with Crippen molar-refractivity contribution in [1.82, 2.24) is 25.9 Å². The molecule has 242 valence electrons. The van der Waals surface area contributed by atoms with Crippen molar-refractivity contribution < 1.29 is 28.7 Å². The standard InChI is InChI=1S/C33H39N7O6/c1-45-32(43)27(19-34)30(37-28-11-5-6-18-40(31(28)42)22-29(41)39-16-7-8-17-39)35-20-24-12-14-25(15-13-24)21-36-38-33(44)46-23-26-9-3-2-4-10-26/h2-4,9-10,12-15,21,28,35,37H,5-8,11,16-18,20,22-23H2,1H3,(H,38,44)/t28-/m0/s1. The summed E-state index contributed by atoms with van der Waals surface area (Å²) in [6, 6.07) is 17.6. The third kappa shape index (κ3) is 9.82. The van der Waals surface area contributed by atoms with E-state index in [1.54, 1.807) is 21.9 Å². The van der Waals surface area contributed by atoms with E-state index in [2.05, 4.69) is 21.2 Å². The van der Waals surface area contributed by atoms with Gasteiger partial charge in [-0.15, -0.1) is 0 Å². The third-order valence-corrected chi connectivity index (χ3v) is 7.67. The number of ether oxygens (including phenoxy) is 2. The van der Waals surface area contributed by atoms with Crippen molar-refractivity contribution >= 4 is 30.1 Å². The minimum atomic E-state index is -0.846. The van der Waals surface area contributed by atoms with Gasteiger partial charge in [0, 0.05) is 26.2 Å². The second-order valence-corrected chi connectivity index (χ2v) is 10.9. The number of hydrogen-bond donors (Lipinski definition) is 3. The molecule has 0 aliphatic carbocycles. The van der Waals surface area contributed by atoms with E-state index in [0.29, 0.717) is 31.6 Å². The van der Waals surface area contributed by atoms with Gasteiger partial charge in [-0.1, -0.05) is 54.6 Å². The molecular weight excluding hydrogens is 590 g/mol.